The number of anilines is 1. The quantitative estimate of drug-likeness (QED) is 0.608. The molecule has 3 N–H and O–H groups in total. The van der Waals surface area contributed by atoms with Crippen LogP contribution < -0.4 is 25.3 Å². The molecule has 2 rings (SSSR count). The molecular weight excluding hydrogens is 405 g/mol. The number of amides is 2. The Morgan fingerprint density at radius 2 is 1.73 bits per heavy atom. The van der Waals surface area contributed by atoms with Crippen molar-refractivity contribution in [2.45, 2.75) is 19.0 Å². The molecule has 2 aromatic rings. The van der Waals surface area contributed by atoms with E-state index in [1.807, 2.05) is 0 Å². The topological polar surface area (TPSA) is 99.9 Å². The molecule has 0 aliphatic carbocycles. The highest BCUT2D eigenvalue weighted by Gasteiger charge is 2.29. The summed E-state index contributed by atoms with van der Waals surface area (Å²) in [6, 6.07) is 10.9. The van der Waals surface area contributed by atoms with Crippen LogP contribution in [0.4, 0.5) is 18.9 Å². The monoisotopic (exact) mass is 426 g/mol. The van der Waals surface area contributed by atoms with Crippen molar-refractivity contribution in [3.05, 3.63) is 48.0 Å². The van der Waals surface area contributed by atoms with Crippen molar-refractivity contribution in [3.8, 4) is 17.2 Å². The van der Waals surface area contributed by atoms with Crippen molar-refractivity contribution >= 4 is 17.5 Å². The fourth-order valence-electron chi connectivity index (χ4n) is 2.42. The van der Waals surface area contributed by atoms with Crippen molar-refractivity contribution < 1.29 is 37.0 Å². The molecule has 2 amide bonds. The van der Waals surface area contributed by atoms with Crippen LogP contribution in [0.25, 0.3) is 0 Å². The van der Waals surface area contributed by atoms with Crippen LogP contribution in [0, 0.1) is 0 Å². The molecule has 0 saturated carbocycles. The fraction of sp³-hybridized carbons (Fsp3) is 0.300. The van der Waals surface area contributed by atoms with Crippen LogP contribution >= 0.6 is 0 Å². The smallest absolute Gasteiger partial charge is 0.422 e. The van der Waals surface area contributed by atoms with Crippen LogP contribution in [0.5, 0.6) is 17.2 Å². The highest BCUT2D eigenvalue weighted by atomic mass is 19.4. The van der Waals surface area contributed by atoms with Gasteiger partial charge in [-0.1, -0.05) is 6.07 Å². The summed E-state index contributed by atoms with van der Waals surface area (Å²) in [6.07, 6.45) is -3.96. The van der Waals surface area contributed by atoms with Crippen LogP contribution in [0.3, 0.4) is 0 Å². The summed E-state index contributed by atoms with van der Waals surface area (Å²) in [6.45, 7) is -1.66. The summed E-state index contributed by atoms with van der Waals surface area (Å²) in [5.74, 6) is -0.279. The summed E-state index contributed by atoms with van der Waals surface area (Å²) in [5, 5.41) is 2.71. The Balaban J connectivity index is 1.87. The van der Waals surface area contributed by atoms with Crippen LogP contribution in [0.15, 0.2) is 42.5 Å². The van der Waals surface area contributed by atoms with Crippen molar-refractivity contribution in [1.29, 1.82) is 0 Å². The van der Waals surface area contributed by atoms with Crippen molar-refractivity contribution in [2.24, 2.45) is 5.73 Å². The molecule has 0 aliphatic rings. The minimum absolute atomic E-state index is 0.0262. The zero-order valence-corrected chi connectivity index (χ0v) is 16.1. The minimum Gasteiger partial charge on any atom is -0.493 e. The SMILES string of the molecule is COc1cc(CCC(=O)Nc2ccc(OCC(N)=O)cc2)ccc1OCC(F)(F)F. The Morgan fingerprint density at radius 1 is 1.03 bits per heavy atom. The van der Waals surface area contributed by atoms with Gasteiger partial charge in [-0.15, -0.1) is 0 Å². The molecule has 0 fully saturated rings. The number of ether oxygens (including phenoxy) is 3. The summed E-state index contributed by atoms with van der Waals surface area (Å²) in [4.78, 5) is 22.8. The first-order chi connectivity index (χ1) is 14.2. The minimum atomic E-state index is -4.45. The lowest BCUT2D eigenvalue weighted by Gasteiger charge is -2.13. The molecule has 0 bridgehead atoms. The van der Waals surface area contributed by atoms with E-state index < -0.39 is 18.7 Å². The Labute approximate surface area is 170 Å². The summed E-state index contributed by atoms with van der Waals surface area (Å²) in [7, 11) is 1.32. The van der Waals surface area contributed by atoms with E-state index in [2.05, 4.69) is 5.32 Å². The number of hydrogen-bond acceptors (Lipinski definition) is 5. The second kappa shape index (κ2) is 10.4. The van der Waals surface area contributed by atoms with Gasteiger partial charge in [0.25, 0.3) is 5.91 Å². The number of hydrogen-bond donors (Lipinski definition) is 2. The number of aryl methyl sites for hydroxylation is 1. The second-order valence-corrected chi connectivity index (χ2v) is 6.22. The largest absolute Gasteiger partial charge is 0.493 e. The molecule has 0 unspecified atom stereocenters. The third kappa shape index (κ3) is 7.90. The summed E-state index contributed by atoms with van der Waals surface area (Å²) >= 11 is 0. The number of nitrogens with two attached hydrogens (primary N) is 1. The maximum absolute atomic E-state index is 12.3. The maximum Gasteiger partial charge on any atom is 0.422 e. The van der Waals surface area contributed by atoms with Gasteiger partial charge in [0.1, 0.15) is 5.75 Å². The van der Waals surface area contributed by atoms with Gasteiger partial charge in [-0.05, 0) is 48.4 Å². The maximum atomic E-state index is 12.3. The molecule has 162 valence electrons. The van der Waals surface area contributed by atoms with E-state index in [9.17, 15) is 22.8 Å². The average molecular weight is 426 g/mol. The van der Waals surface area contributed by atoms with E-state index in [-0.39, 0.29) is 30.4 Å². The van der Waals surface area contributed by atoms with Crippen molar-refractivity contribution in [1.82, 2.24) is 0 Å². The highest BCUT2D eigenvalue weighted by Crippen LogP contribution is 2.30. The van der Waals surface area contributed by atoms with Crippen LogP contribution in [0.1, 0.15) is 12.0 Å². The number of carbonyl (C=O) groups excluding carboxylic acids is 2. The van der Waals surface area contributed by atoms with Gasteiger partial charge in [0, 0.05) is 12.1 Å². The molecule has 0 aliphatic heterocycles. The zero-order valence-electron chi connectivity index (χ0n) is 16.1. The van der Waals surface area contributed by atoms with E-state index in [0.717, 1.165) is 0 Å². The lowest BCUT2D eigenvalue weighted by atomic mass is 10.1. The molecule has 7 nitrogen and oxygen atoms in total. The van der Waals surface area contributed by atoms with Gasteiger partial charge in [0.2, 0.25) is 5.91 Å². The van der Waals surface area contributed by atoms with Gasteiger partial charge in [0.15, 0.2) is 24.7 Å². The molecule has 10 heteroatoms. The van der Waals surface area contributed by atoms with Crippen molar-refractivity contribution in [2.75, 3.05) is 25.6 Å². The molecule has 0 spiro atoms. The predicted octanol–water partition coefficient (Wildman–Crippen LogP) is 3.07. The molecule has 30 heavy (non-hydrogen) atoms. The first-order valence-electron chi connectivity index (χ1n) is 8.84. The third-order valence-corrected chi connectivity index (χ3v) is 3.78. The van der Waals surface area contributed by atoms with Gasteiger partial charge in [-0.2, -0.15) is 13.2 Å². The standard InChI is InChI=1S/C20H21F3N2O5/c1-28-17-10-13(2-8-16(17)30-12-20(21,22)23)3-9-19(27)25-14-4-6-15(7-5-14)29-11-18(24)26/h2,4-8,10H,3,9,11-12H2,1H3,(H2,24,26)(H,25,27). The van der Waals surface area contributed by atoms with Gasteiger partial charge in [0.05, 0.1) is 7.11 Å². The fourth-order valence-corrected chi connectivity index (χ4v) is 2.42. The third-order valence-electron chi connectivity index (χ3n) is 3.78. The number of carbonyl (C=O) groups is 2. The molecule has 0 aromatic heterocycles. The van der Waals surface area contributed by atoms with Gasteiger partial charge in [-0.3, -0.25) is 9.59 Å². The molecule has 0 heterocycles. The Hall–Kier alpha value is -3.43. The summed E-state index contributed by atoms with van der Waals surface area (Å²) < 4.78 is 51.8. The van der Waals surface area contributed by atoms with E-state index in [1.165, 1.54) is 19.2 Å². The number of alkyl halides is 3. The first-order valence-corrected chi connectivity index (χ1v) is 8.84. The van der Waals surface area contributed by atoms with E-state index in [0.29, 0.717) is 23.4 Å². The second-order valence-electron chi connectivity index (χ2n) is 6.22. The Morgan fingerprint density at radius 3 is 2.33 bits per heavy atom. The van der Waals surface area contributed by atoms with Crippen LogP contribution in [-0.4, -0.2) is 38.3 Å². The average Bonchev–Trinajstić information content (AvgIpc) is 2.69. The van der Waals surface area contributed by atoms with Gasteiger partial charge < -0.3 is 25.3 Å². The number of benzene rings is 2. The van der Waals surface area contributed by atoms with E-state index in [1.54, 1.807) is 30.3 Å². The molecule has 0 saturated heterocycles. The predicted molar refractivity (Wildman–Crippen MR) is 103 cm³/mol. The number of methoxy groups -OCH3 is 1. The Kier molecular flexibility index (Phi) is 7.90. The molecule has 2 aromatic carbocycles. The number of rotatable bonds is 10. The zero-order chi connectivity index (χ0) is 22.1. The lowest BCUT2D eigenvalue weighted by Crippen LogP contribution is -2.20. The number of primary amides is 1. The number of halogens is 3. The molecule has 0 radical (unpaired) electrons. The molecular formula is C20H21F3N2O5. The van der Waals surface area contributed by atoms with Crippen LogP contribution in [0.2, 0.25) is 0 Å². The lowest BCUT2D eigenvalue weighted by molar-refractivity contribution is -0.153. The first kappa shape index (κ1) is 22.9. The highest BCUT2D eigenvalue weighted by molar-refractivity contribution is 5.90. The van der Waals surface area contributed by atoms with Crippen molar-refractivity contribution in [3.63, 3.8) is 0 Å². The van der Waals surface area contributed by atoms with E-state index in [4.69, 9.17) is 19.9 Å². The van der Waals surface area contributed by atoms with E-state index >= 15 is 0 Å². The Bertz CT molecular complexity index is 870. The van der Waals surface area contributed by atoms with Gasteiger partial charge >= 0.3 is 6.18 Å². The molecule has 0 atom stereocenters. The van der Waals surface area contributed by atoms with Gasteiger partial charge in [-0.25, -0.2) is 0 Å². The number of nitrogens with one attached hydrogen (secondary N) is 1. The van der Waals surface area contributed by atoms with Crippen LogP contribution in [-0.2, 0) is 16.0 Å². The normalized spacial score (nSPS) is 10.9. The summed E-state index contributed by atoms with van der Waals surface area (Å²) in [5.41, 5.74) is 6.24.